The van der Waals surface area contributed by atoms with Crippen molar-refractivity contribution in [3.05, 3.63) is 23.8 Å². The molecule has 1 rings (SSSR count). The average molecular weight is 336 g/mol. The van der Waals surface area contributed by atoms with E-state index in [9.17, 15) is 4.79 Å². The third-order valence-corrected chi connectivity index (χ3v) is 4.21. The molecule has 0 heterocycles. The van der Waals surface area contributed by atoms with E-state index in [1.165, 1.54) is 0 Å². The second-order valence-corrected chi connectivity index (χ2v) is 6.65. The lowest BCUT2D eigenvalue weighted by Gasteiger charge is -2.18. The van der Waals surface area contributed by atoms with Crippen molar-refractivity contribution in [1.29, 1.82) is 0 Å². The lowest BCUT2D eigenvalue weighted by Crippen LogP contribution is -2.44. The molecule has 24 heavy (non-hydrogen) atoms. The Labute approximate surface area is 145 Å². The van der Waals surface area contributed by atoms with Crippen molar-refractivity contribution in [1.82, 2.24) is 5.32 Å². The number of carbonyl (C=O) groups excluding carboxylic acids is 1. The van der Waals surface area contributed by atoms with Crippen LogP contribution < -0.4 is 20.5 Å². The molecule has 1 aromatic rings. The minimum absolute atomic E-state index is 0.124. The van der Waals surface area contributed by atoms with Crippen molar-refractivity contribution >= 4 is 5.91 Å². The quantitative estimate of drug-likeness (QED) is 0.688. The molecule has 1 amide bonds. The largest absolute Gasteiger partial charge is 0.493 e. The Balaban J connectivity index is 2.62. The van der Waals surface area contributed by atoms with E-state index in [1.807, 2.05) is 32.0 Å². The van der Waals surface area contributed by atoms with Gasteiger partial charge in [0, 0.05) is 6.54 Å². The van der Waals surface area contributed by atoms with E-state index in [0.717, 1.165) is 24.2 Å². The Morgan fingerprint density at radius 3 is 2.54 bits per heavy atom. The van der Waals surface area contributed by atoms with Crippen LogP contribution in [-0.4, -0.2) is 25.7 Å². The Morgan fingerprint density at radius 2 is 1.96 bits per heavy atom. The van der Waals surface area contributed by atoms with E-state index in [4.69, 9.17) is 15.2 Å². The first kappa shape index (κ1) is 20.3. The molecule has 2 atom stereocenters. The third-order valence-electron chi connectivity index (χ3n) is 4.21. The molecule has 0 aromatic heterocycles. The highest BCUT2D eigenvalue weighted by molar-refractivity contribution is 5.81. The maximum Gasteiger partial charge on any atom is 0.237 e. The van der Waals surface area contributed by atoms with Gasteiger partial charge in [0.1, 0.15) is 0 Å². The lowest BCUT2D eigenvalue weighted by atomic mass is 9.99. The molecule has 0 spiro atoms. The van der Waals surface area contributed by atoms with E-state index >= 15 is 0 Å². The molecule has 2 unspecified atom stereocenters. The number of rotatable bonds is 10. The smallest absolute Gasteiger partial charge is 0.237 e. The van der Waals surface area contributed by atoms with Gasteiger partial charge in [-0.25, -0.2) is 0 Å². The third kappa shape index (κ3) is 6.40. The number of nitrogens with two attached hydrogens (primary N) is 1. The van der Waals surface area contributed by atoms with Crippen molar-refractivity contribution in [2.45, 2.75) is 53.1 Å². The summed E-state index contributed by atoms with van der Waals surface area (Å²) in [6.45, 7) is 9.42. The first-order chi connectivity index (χ1) is 11.4. The number of carbonyl (C=O) groups is 1. The Kier molecular flexibility index (Phi) is 8.61. The van der Waals surface area contributed by atoms with Crippen LogP contribution in [0.15, 0.2) is 18.2 Å². The summed E-state index contributed by atoms with van der Waals surface area (Å²) in [6, 6.07) is 5.23. The van der Waals surface area contributed by atoms with Gasteiger partial charge in [0.25, 0.3) is 0 Å². The van der Waals surface area contributed by atoms with Gasteiger partial charge < -0.3 is 20.5 Å². The maximum absolute atomic E-state index is 12.1. The van der Waals surface area contributed by atoms with Crippen LogP contribution in [-0.2, 0) is 11.3 Å². The van der Waals surface area contributed by atoms with Crippen molar-refractivity contribution < 1.29 is 14.3 Å². The van der Waals surface area contributed by atoms with Crippen LogP contribution in [0.4, 0.5) is 0 Å². The SMILES string of the molecule is CCC(C)C(N)C(=O)NCc1ccc(OCCC(C)C)c(OC)c1. The van der Waals surface area contributed by atoms with Crippen LogP contribution >= 0.6 is 0 Å². The molecular weight excluding hydrogens is 304 g/mol. The second-order valence-electron chi connectivity index (χ2n) is 6.65. The van der Waals surface area contributed by atoms with Gasteiger partial charge in [0.15, 0.2) is 11.5 Å². The standard InChI is InChI=1S/C19H32N2O3/c1-6-14(4)18(20)19(22)21-12-15-7-8-16(17(11-15)23-5)24-10-9-13(2)3/h7-8,11,13-14,18H,6,9-10,12,20H2,1-5H3,(H,21,22). The van der Waals surface area contributed by atoms with Crippen LogP contribution in [0.25, 0.3) is 0 Å². The molecule has 0 aliphatic carbocycles. The van der Waals surface area contributed by atoms with E-state index < -0.39 is 6.04 Å². The average Bonchev–Trinajstić information content (AvgIpc) is 2.58. The van der Waals surface area contributed by atoms with Gasteiger partial charge in [-0.05, 0) is 36.0 Å². The highest BCUT2D eigenvalue weighted by atomic mass is 16.5. The topological polar surface area (TPSA) is 73.6 Å². The van der Waals surface area contributed by atoms with Crippen molar-refractivity contribution in [3.63, 3.8) is 0 Å². The highest BCUT2D eigenvalue weighted by Gasteiger charge is 2.19. The minimum atomic E-state index is -0.476. The molecule has 0 aliphatic rings. The summed E-state index contributed by atoms with van der Waals surface area (Å²) < 4.78 is 11.2. The van der Waals surface area contributed by atoms with Crippen LogP contribution in [0.2, 0.25) is 0 Å². The molecule has 3 N–H and O–H groups in total. The molecule has 5 heteroatoms. The maximum atomic E-state index is 12.1. The monoisotopic (exact) mass is 336 g/mol. The van der Waals surface area contributed by atoms with Gasteiger partial charge in [-0.3, -0.25) is 4.79 Å². The summed E-state index contributed by atoms with van der Waals surface area (Å²) in [4.78, 5) is 12.1. The molecule has 0 aliphatic heterocycles. The van der Waals surface area contributed by atoms with Crippen LogP contribution in [0.5, 0.6) is 11.5 Å². The second kappa shape index (κ2) is 10.2. The van der Waals surface area contributed by atoms with E-state index in [0.29, 0.717) is 24.8 Å². The lowest BCUT2D eigenvalue weighted by molar-refractivity contribution is -0.123. The van der Waals surface area contributed by atoms with Gasteiger partial charge in [-0.15, -0.1) is 0 Å². The van der Waals surface area contributed by atoms with Gasteiger partial charge in [-0.2, -0.15) is 0 Å². The number of hydrogen-bond acceptors (Lipinski definition) is 4. The van der Waals surface area contributed by atoms with Gasteiger partial charge >= 0.3 is 0 Å². The van der Waals surface area contributed by atoms with E-state index in [2.05, 4.69) is 19.2 Å². The zero-order valence-corrected chi connectivity index (χ0v) is 15.6. The Hall–Kier alpha value is -1.75. The minimum Gasteiger partial charge on any atom is -0.493 e. The van der Waals surface area contributed by atoms with E-state index in [-0.39, 0.29) is 11.8 Å². The molecule has 0 bridgehead atoms. The van der Waals surface area contributed by atoms with Crippen LogP contribution in [0.3, 0.4) is 0 Å². The van der Waals surface area contributed by atoms with Gasteiger partial charge in [-0.1, -0.05) is 40.2 Å². The first-order valence-corrected chi connectivity index (χ1v) is 8.72. The van der Waals surface area contributed by atoms with Crippen LogP contribution in [0, 0.1) is 11.8 Å². The molecule has 1 aromatic carbocycles. The number of hydrogen-bond donors (Lipinski definition) is 2. The molecule has 0 radical (unpaired) electrons. The predicted octanol–water partition coefficient (Wildman–Crippen LogP) is 3.11. The summed E-state index contributed by atoms with van der Waals surface area (Å²) >= 11 is 0. The zero-order chi connectivity index (χ0) is 18.1. The Bertz CT molecular complexity index is 517. The number of nitrogens with one attached hydrogen (secondary N) is 1. The van der Waals surface area contributed by atoms with Crippen LogP contribution in [0.1, 0.15) is 46.1 Å². The number of benzene rings is 1. The fraction of sp³-hybridized carbons (Fsp3) is 0.632. The summed E-state index contributed by atoms with van der Waals surface area (Å²) in [5.41, 5.74) is 6.89. The normalized spacial score (nSPS) is 13.5. The molecular formula is C19H32N2O3. The molecule has 0 fully saturated rings. The fourth-order valence-corrected chi connectivity index (χ4v) is 2.17. The number of ether oxygens (including phenoxy) is 2. The predicted molar refractivity (Wildman–Crippen MR) is 97.2 cm³/mol. The summed E-state index contributed by atoms with van der Waals surface area (Å²) in [7, 11) is 1.62. The summed E-state index contributed by atoms with van der Waals surface area (Å²) in [5, 5.41) is 2.88. The molecule has 0 saturated carbocycles. The zero-order valence-electron chi connectivity index (χ0n) is 15.6. The number of amides is 1. The highest BCUT2D eigenvalue weighted by Crippen LogP contribution is 2.28. The molecule has 5 nitrogen and oxygen atoms in total. The van der Waals surface area contributed by atoms with Gasteiger partial charge in [0.05, 0.1) is 19.8 Å². The van der Waals surface area contributed by atoms with E-state index in [1.54, 1.807) is 7.11 Å². The number of methoxy groups -OCH3 is 1. The Morgan fingerprint density at radius 1 is 1.25 bits per heavy atom. The van der Waals surface area contributed by atoms with Crippen molar-refractivity contribution in [2.75, 3.05) is 13.7 Å². The van der Waals surface area contributed by atoms with Crippen molar-refractivity contribution in [3.8, 4) is 11.5 Å². The molecule has 0 saturated heterocycles. The fourth-order valence-electron chi connectivity index (χ4n) is 2.17. The van der Waals surface area contributed by atoms with Crippen molar-refractivity contribution in [2.24, 2.45) is 17.6 Å². The molecule has 136 valence electrons. The first-order valence-electron chi connectivity index (χ1n) is 8.72. The summed E-state index contributed by atoms with van der Waals surface area (Å²) in [6.07, 6.45) is 1.87. The summed E-state index contributed by atoms with van der Waals surface area (Å²) in [5.74, 6) is 2.04. The van der Waals surface area contributed by atoms with Gasteiger partial charge in [0.2, 0.25) is 5.91 Å².